The first-order valence-corrected chi connectivity index (χ1v) is 8.52. The standard InChI is InChI=1S/C20H16ClF3N2O/c1-20(23,24)15-11-13(7-8-17(15)22)19(27)25-12-14-16(21)5-4-6-18(14)26-9-2-3-10-26/h2-11H,12H2,1H3,(H,25,27). The average molecular weight is 393 g/mol. The molecule has 0 aliphatic rings. The van der Waals surface area contributed by atoms with Crippen molar-refractivity contribution >= 4 is 17.5 Å². The van der Waals surface area contributed by atoms with Crippen LogP contribution in [0.5, 0.6) is 0 Å². The highest BCUT2D eigenvalue weighted by Crippen LogP contribution is 2.30. The number of hydrogen-bond acceptors (Lipinski definition) is 1. The Morgan fingerprint density at radius 1 is 1.15 bits per heavy atom. The third kappa shape index (κ3) is 4.17. The zero-order valence-electron chi connectivity index (χ0n) is 14.3. The fraction of sp³-hybridized carbons (Fsp3) is 0.150. The average Bonchev–Trinajstić information content (AvgIpc) is 3.14. The number of amides is 1. The van der Waals surface area contributed by atoms with Gasteiger partial charge in [-0.25, -0.2) is 13.2 Å². The van der Waals surface area contributed by atoms with Crippen molar-refractivity contribution in [3.05, 3.63) is 88.5 Å². The molecule has 0 bridgehead atoms. The number of halogens is 4. The van der Waals surface area contributed by atoms with Crippen molar-refractivity contribution in [1.82, 2.24) is 9.88 Å². The van der Waals surface area contributed by atoms with Crippen molar-refractivity contribution in [2.75, 3.05) is 0 Å². The first-order valence-electron chi connectivity index (χ1n) is 8.14. The smallest absolute Gasteiger partial charge is 0.273 e. The quantitative estimate of drug-likeness (QED) is 0.627. The van der Waals surface area contributed by atoms with Crippen LogP contribution in [0.3, 0.4) is 0 Å². The maximum atomic E-state index is 13.6. The van der Waals surface area contributed by atoms with E-state index >= 15 is 0 Å². The molecule has 0 saturated carbocycles. The van der Waals surface area contributed by atoms with Crippen LogP contribution >= 0.6 is 11.6 Å². The fourth-order valence-electron chi connectivity index (χ4n) is 2.73. The summed E-state index contributed by atoms with van der Waals surface area (Å²) in [6.45, 7) is 0.668. The van der Waals surface area contributed by atoms with E-state index in [4.69, 9.17) is 11.6 Å². The fourth-order valence-corrected chi connectivity index (χ4v) is 2.97. The Hall–Kier alpha value is -2.73. The summed E-state index contributed by atoms with van der Waals surface area (Å²) in [5, 5.41) is 3.11. The number of nitrogens with one attached hydrogen (secondary N) is 1. The predicted molar refractivity (Wildman–Crippen MR) is 97.9 cm³/mol. The van der Waals surface area contributed by atoms with Crippen LogP contribution in [0.4, 0.5) is 13.2 Å². The van der Waals surface area contributed by atoms with Gasteiger partial charge in [0.15, 0.2) is 0 Å². The van der Waals surface area contributed by atoms with Crippen LogP contribution in [0.25, 0.3) is 5.69 Å². The minimum absolute atomic E-state index is 0.0532. The lowest BCUT2D eigenvalue weighted by atomic mass is 10.0. The molecular formula is C20H16ClF3N2O. The number of nitrogens with zero attached hydrogens (tertiary/aromatic N) is 1. The maximum absolute atomic E-state index is 13.6. The molecule has 0 spiro atoms. The predicted octanol–water partition coefficient (Wildman–Crippen LogP) is 5.31. The molecule has 2 aromatic carbocycles. The van der Waals surface area contributed by atoms with E-state index in [0.717, 1.165) is 17.8 Å². The van der Waals surface area contributed by atoms with Gasteiger partial charge in [0, 0.05) is 42.0 Å². The van der Waals surface area contributed by atoms with Gasteiger partial charge in [0.1, 0.15) is 5.82 Å². The van der Waals surface area contributed by atoms with Crippen LogP contribution in [0.1, 0.15) is 28.4 Å². The lowest BCUT2D eigenvalue weighted by molar-refractivity contribution is 0.0137. The van der Waals surface area contributed by atoms with Crippen LogP contribution in [0.15, 0.2) is 60.9 Å². The summed E-state index contributed by atoms with van der Waals surface area (Å²) < 4.78 is 42.4. The summed E-state index contributed by atoms with van der Waals surface area (Å²) in [5.74, 6) is -5.04. The summed E-state index contributed by atoms with van der Waals surface area (Å²) in [5.41, 5.74) is 0.586. The first kappa shape index (κ1) is 19.0. The Kier molecular flexibility index (Phi) is 5.28. The van der Waals surface area contributed by atoms with Gasteiger partial charge < -0.3 is 9.88 Å². The second-order valence-corrected chi connectivity index (χ2v) is 6.50. The Labute approximate surface area is 159 Å². The molecule has 3 nitrogen and oxygen atoms in total. The van der Waals surface area contributed by atoms with E-state index in [2.05, 4.69) is 5.32 Å². The van der Waals surface area contributed by atoms with Gasteiger partial charge in [-0.2, -0.15) is 0 Å². The lowest BCUT2D eigenvalue weighted by Gasteiger charge is -2.15. The topological polar surface area (TPSA) is 34.0 Å². The van der Waals surface area contributed by atoms with Crippen LogP contribution in [0, 0.1) is 5.82 Å². The highest BCUT2D eigenvalue weighted by molar-refractivity contribution is 6.31. The molecule has 27 heavy (non-hydrogen) atoms. The Morgan fingerprint density at radius 2 is 1.85 bits per heavy atom. The van der Waals surface area contributed by atoms with E-state index in [9.17, 15) is 18.0 Å². The molecule has 3 aromatic rings. The summed E-state index contributed by atoms with van der Waals surface area (Å²) in [6.07, 6.45) is 3.68. The van der Waals surface area contributed by atoms with Gasteiger partial charge in [-0.1, -0.05) is 17.7 Å². The van der Waals surface area contributed by atoms with Gasteiger partial charge >= 0.3 is 0 Å². The van der Waals surface area contributed by atoms with Gasteiger partial charge in [0.2, 0.25) is 0 Å². The van der Waals surface area contributed by atoms with Crippen LogP contribution in [0.2, 0.25) is 5.02 Å². The van der Waals surface area contributed by atoms with Crippen molar-refractivity contribution in [2.24, 2.45) is 0 Å². The van der Waals surface area contributed by atoms with Crippen molar-refractivity contribution in [3.63, 3.8) is 0 Å². The Balaban J connectivity index is 1.83. The van der Waals surface area contributed by atoms with E-state index < -0.39 is 23.2 Å². The third-order valence-electron chi connectivity index (χ3n) is 4.10. The van der Waals surface area contributed by atoms with Gasteiger partial charge in [0.25, 0.3) is 11.8 Å². The molecule has 0 radical (unpaired) electrons. The largest absolute Gasteiger partial charge is 0.348 e. The second kappa shape index (κ2) is 7.48. The van der Waals surface area contributed by atoms with E-state index in [1.165, 1.54) is 6.07 Å². The van der Waals surface area contributed by atoms with E-state index in [-0.39, 0.29) is 12.1 Å². The molecule has 0 saturated heterocycles. The maximum Gasteiger partial charge on any atom is 0.273 e. The van der Waals surface area contributed by atoms with Crippen LogP contribution < -0.4 is 5.32 Å². The summed E-state index contributed by atoms with van der Waals surface area (Å²) in [6, 6.07) is 11.9. The SMILES string of the molecule is CC(F)(F)c1cc(C(=O)NCc2c(Cl)cccc2-n2cccc2)ccc1F. The summed E-state index contributed by atoms with van der Waals surface area (Å²) in [4.78, 5) is 12.4. The number of hydrogen-bond donors (Lipinski definition) is 1. The monoisotopic (exact) mass is 392 g/mol. The molecule has 1 N–H and O–H groups in total. The number of aromatic nitrogens is 1. The summed E-state index contributed by atoms with van der Waals surface area (Å²) >= 11 is 6.27. The molecule has 3 rings (SSSR count). The minimum Gasteiger partial charge on any atom is -0.348 e. The van der Waals surface area contributed by atoms with Gasteiger partial charge in [-0.3, -0.25) is 4.79 Å². The minimum atomic E-state index is -3.38. The molecule has 1 aromatic heterocycles. The van der Waals surface area contributed by atoms with Crippen molar-refractivity contribution in [2.45, 2.75) is 19.4 Å². The molecule has 0 unspecified atom stereocenters. The molecule has 7 heteroatoms. The summed E-state index contributed by atoms with van der Waals surface area (Å²) in [7, 11) is 0. The lowest BCUT2D eigenvalue weighted by Crippen LogP contribution is -2.24. The van der Waals surface area contributed by atoms with Crippen LogP contribution in [-0.2, 0) is 12.5 Å². The Morgan fingerprint density at radius 3 is 2.52 bits per heavy atom. The van der Waals surface area contributed by atoms with Gasteiger partial charge in [0.05, 0.1) is 11.3 Å². The molecular weight excluding hydrogens is 377 g/mol. The molecule has 0 fully saturated rings. The van der Waals surface area contributed by atoms with Crippen LogP contribution in [-0.4, -0.2) is 10.5 Å². The normalized spacial score (nSPS) is 11.4. The second-order valence-electron chi connectivity index (χ2n) is 6.09. The molecule has 1 amide bonds. The van der Waals surface area contributed by atoms with E-state index in [0.29, 0.717) is 17.5 Å². The highest BCUT2D eigenvalue weighted by Gasteiger charge is 2.29. The molecule has 0 aliphatic heterocycles. The number of carbonyl (C=O) groups is 1. The molecule has 1 heterocycles. The number of rotatable bonds is 5. The third-order valence-corrected chi connectivity index (χ3v) is 4.46. The number of carbonyl (C=O) groups excluding carboxylic acids is 1. The molecule has 140 valence electrons. The van der Waals surface area contributed by atoms with Crippen molar-refractivity contribution < 1.29 is 18.0 Å². The zero-order chi connectivity index (χ0) is 19.6. The van der Waals surface area contributed by atoms with Crippen molar-refractivity contribution in [3.8, 4) is 5.69 Å². The molecule has 0 atom stereocenters. The van der Waals surface area contributed by atoms with Crippen molar-refractivity contribution in [1.29, 1.82) is 0 Å². The van der Waals surface area contributed by atoms with E-state index in [1.807, 2.05) is 35.2 Å². The van der Waals surface area contributed by atoms with Gasteiger partial charge in [-0.05, 0) is 42.5 Å². The zero-order valence-corrected chi connectivity index (χ0v) is 15.1. The van der Waals surface area contributed by atoms with Gasteiger partial charge in [-0.15, -0.1) is 0 Å². The molecule has 0 aliphatic carbocycles. The Bertz CT molecular complexity index is 966. The first-order chi connectivity index (χ1) is 12.8. The van der Waals surface area contributed by atoms with E-state index in [1.54, 1.807) is 12.1 Å². The highest BCUT2D eigenvalue weighted by atomic mass is 35.5. The number of benzene rings is 2. The number of alkyl halides is 2.